The Labute approximate surface area is 156 Å². The molecule has 2 heterocycles. The lowest BCUT2D eigenvalue weighted by atomic mass is 9.89. The van der Waals surface area contributed by atoms with Crippen molar-refractivity contribution in [2.75, 3.05) is 13.2 Å². The lowest BCUT2D eigenvalue weighted by Gasteiger charge is -2.26. The first-order valence-electron chi connectivity index (χ1n) is 8.29. The van der Waals surface area contributed by atoms with Crippen LogP contribution in [-0.2, 0) is 16.1 Å². The van der Waals surface area contributed by atoms with Gasteiger partial charge in [0.15, 0.2) is 0 Å². The summed E-state index contributed by atoms with van der Waals surface area (Å²) < 4.78 is 7.49. The van der Waals surface area contributed by atoms with Gasteiger partial charge in [0.2, 0.25) is 5.91 Å². The molecule has 1 aliphatic rings. The second-order valence-electron chi connectivity index (χ2n) is 6.08. The Bertz CT molecular complexity index is 709. The van der Waals surface area contributed by atoms with Crippen molar-refractivity contribution in [1.82, 2.24) is 20.1 Å². The van der Waals surface area contributed by atoms with Crippen molar-refractivity contribution >= 4 is 29.1 Å². The maximum Gasteiger partial charge on any atom is 0.241 e. The molecule has 6 nitrogen and oxygen atoms in total. The minimum atomic E-state index is -0.119. The highest BCUT2D eigenvalue weighted by molar-refractivity contribution is 6.42. The Morgan fingerprint density at radius 2 is 2.20 bits per heavy atom. The molecule has 0 aliphatic carbocycles. The molecular formula is C17H20Cl2N4O2. The highest BCUT2D eigenvalue weighted by Gasteiger charge is 2.27. The second kappa shape index (κ2) is 8.65. The summed E-state index contributed by atoms with van der Waals surface area (Å²) in [7, 11) is 0. The molecule has 3 rings (SSSR count). The molecule has 1 saturated heterocycles. The molecule has 0 spiro atoms. The van der Waals surface area contributed by atoms with Gasteiger partial charge >= 0.3 is 0 Å². The molecule has 1 fully saturated rings. The molecule has 0 saturated carbocycles. The summed E-state index contributed by atoms with van der Waals surface area (Å²) >= 11 is 12.2. The fourth-order valence-corrected chi connectivity index (χ4v) is 3.37. The zero-order valence-corrected chi connectivity index (χ0v) is 15.2. The largest absolute Gasteiger partial charge is 0.376 e. The minimum absolute atomic E-state index is 0.0977. The predicted octanol–water partition coefficient (Wildman–Crippen LogP) is 3.05. The van der Waals surface area contributed by atoms with E-state index in [4.69, 9.17) is 27.9 Å². The van der Waals surface area contributed by atoms with Gasteiger partial charge in [0.25, 0.3) is 0 Å². The van der Waals surface area contributed by atoms with Crippen molar-refractivity contribution in [3.63, 3.8) is 0 Å². The number of nitrogens with one attached hydrogen (secondary N) is 1. The van der Waals surface area contributed by atoms with E-state index in [1.54, 1.807) is 0 Å². The third kappa shape index (κ3) is 4.93. The van der Waals surface area contributed by atoms with Crippen LogP contribution in [0, 0.1) is 0 Å². The van der Waals surface area contributed by atoms with Crippen molar-refractivity contribution < 1.29 is 9.53 Å². The normalized spacial score (nSPS) is 20.9. The van der Waals surface area contributed by atoms with E-state index in [0.29, 0.717) is 23.2 Å². The van der Waals surface area contributed by atoms with Gasteiger partial charge in [-0.05, 0) is 30.5 Å². The van der Waals surface area contributed by atoms with Crippen LogP contribution in [0.25, 0.3) is 0 Å². The van der Waals surface area contributed by atoms with Crippen molar-refractivity contribution in [1.29, 1.82) is 0 Å². The summed E-state index contributed by atoms with van der Waals surface area (Å²) in [4.78, 5) is 15.9. The van der Waals surface area contributed by atoms with E-state index in [1.165, 1.54) is 17.3 Å². The number of hydrogen-bond acceptors (Lipinski definition) is 4. The zero-order valence-electron chi connectivity index (χ0n) is 13.7. The first-order valence-corrected chi connectivity index (χ1v) is 9.05. The van der Waals surface area contributed by atoms with E-state index in [0.717, 1.165) is 24.8 Å². The number of aromatic nitrogens is 3. The fraction of sp³-hybridized carbons (Fsp3) is 0.471. The van der Waals surface area contributed by atoms with Crippen molar-refractivity contribution in [3.8, 4) is 0 Å². The summed E-state index contributed by atoms with van der Waals surface area (Å²) in [6, 6.07) is 5.69. The van der Waals surface area contributed by atoms with Crippen LogP contribution in [0.1, 0.15) is 30.7 Å². The van der Waals surface area contributed by atoms with Gasteiger partial charge in [-0.1, -0.05) is 35.7 Å². The number of ether oxygens (including phenoxy) is 1. The number of rotatable bonds is 5. The highest BCUT2D eigenvalue weighted by Crippen LogP contribution is 2.33. The number of carbonyl (C=O) groups is 1. The van der Waals surface area contributed by atoms with E-state index in [1.807, 2.05) is 18.2 Å². The number of amides is 1. The van der Waals surface area contributed by atoms with Crippen LogP contribution in [-0.4, -0.2) is 39.9 Å². The molecule has 1 N–H and O–H groups in total. The predicted molar refractivity (Wildman–Crippen MR) is 95.8 cm³/mol. The molecule has 0 bridgehead atoms. The lowest BCUT2D eigenvalue weighted by molar-refractivity contribution is -0.122. The fourth-order valence-electron chi connectivity index (χ4n) is 3.06. The van der Waals surface area contributed by atoms with Crippen molar-refractivity contribution in [2.45, 2.75) is 37.8 Å². The second-order valence-corrected chi connectivity index (χ2v) is 6.90. The molecule has 1 amide bonds. The molecule has 1 aliphatic heterocycles. The summed E-state index contributed by atoms with van der Waals surface area (Å²) in [5.74, 6) is 0.0511. The van der Waals surface area contributed by atoms with Crippen LogP contribution < -0.4 is 5.32 Å². The first-order chi connectivity index (χ1) is 12.1. The van der Waals surface area contributed by atoms with Gasteiger partial charge in [0.05, 0.1) is 16.1 Å². The summed E-state index contributed by atoms with van der Waals surface area (Å²) in [5, 5.41) is 7.94. The maximum absolute atomic E-state index is 12.1. The van der Waals surface area contributed by atoms with Gasteiger partial charge in [-0.3, -0.25) is 4.79 Å². The van der Waals surface area contributed by atoms with Crippen LogP contribution in [0.3, 0.4) is 0 Å². The molecular weight excluding hydrogens is 363 g/mol. The number of benzene rings is 1. The van der Waals surface area contributed by atoms with Crippen molar-refractivity contribution in [3.05, 3.63) is 46.5 Å². The standard InChI is InChI=1S/C17H20Cl2N4O2/c18-14-5-4-12(7-15(14)19)13-3-1-2-6-25-16(13)8-21-17(24)9-23-11-20-10-22-23/h4-5,7,10-11,13,16H,1-3,6,8-9H2,(H,21,24)/t13?,16-/m0/s1. The molecule has 1 unspecified atom stereocenters. The minimum Gasteiger partial charge on any atom is -0.376 e. The number of halogens is 2. The summed E-state index contributed by atoms with van der Waals surface area (Å²) in [6.07, 6.45) is 5.90. The van der Waals surface area contributed by atoms with Gasteiger partial charge in [0, 0.05) is 19.1 Å². The van der Waals surface area contributed by atoms with Crippen LogP contribution in [0.15, 0.2) is 30.9 Å². The molecule has 0 radical (unpaired) electrons. The Kier molecular flexibility index (Phi) is 6.29. The Hall–Kier alpha value is -1.63. The van der Waals surface area contributed by atoms with E-state index < -0.39 is 0 Å². The zero-order chi connectivity index (χ0) is 17.6. The SMILES string of the molecule is O=C(Cn1cncn1)NC[C@@H]1OCCCCC1c1ccc(Cl)c(Cl)c1. The van der Waals surface area contributed by atoms with E-state index in [-0.39, 0.29) is 24.5 Å². The Balaban J connectivity index is 1.65. The van der Waals surface area contributed by atoms with E-state index in [9.17, 15) is 4.79 Å². The van der Waals surface area contributed by atoms with Crippen LogP contribution in [0.4, 0.5) is 0 Å². The average molecular weight is 383 g/mol. The monoisotopic (exact) mass is 382 g/mol. The highest BCUT2D eigenvalue weighted by atomic mass is 35.5. The molecule has 25 heavy (non-hydrogen) atoms. The summed E-state index contributed by atoms with van der Waals surface area (Å²) in [5.41, 5.74) is 1.09. The van der Waals surface area contributed by atoms with Gasteiger partial charge in [0.1, 0.15) is 19.2 Å². The molecule has 2 aromatic rings. The van der Waals surface area contributed by atoms with Gasteiger partial charge in [-0.15, -0.1) is 0 Å². The summed E-state index contributed by atoms with van der Waals surface area (Å²) in [6.45, 7) is 1.28. The first kappa shape index (κ1) is 18.2. The average Bonchev–Trinajstić information content (AvgIpc) is 2.98. The van der Waals surface area contributed by atoms with Crippen LogP contribution >= 0.6 is 23.2 Å². The van der Waals surface area contributed by atoms with Crippen LogP contribution in [0.2, 0.25) is 10.0 Å². The topological polar surface area (TPSA) is 69.0 Å². The number of carbonyl (C=O) groups excluding carboxylic acids is 1. The van der Waals surface area contributed by atoms with E-state index >= 15 is 0 Å². The molecule has 134 valence electrons. The quantitative estimate of drug-likeness (QED) is 0.862. The van der Waals surface area contributed by atoms with Gasteiger partial charge in [-0.2, -0.15) is 5.10 Å². The van der Waals surface area contributed by atoms with Gasteiger partial charge in [-0.25, -0.2) is 9.67 Å². The maximum atomic E-state index is 12.1. The van der Waals surface area contributed by atoms with E-state index in [2.05, 4.69) is 15.4 Å². The molecule has 1 aromatic carbocycles. The number of nitrogens with zero attached hydrogens (tertiary/aromatic N) is 3. The number of hydrogen-bond donors (Lipinski definition) is 1. The van der Waals surface area contributed by atoms with Crippen LogP contribution in [0.5, 0.6) is 0 Å². The van der Waals surface area contributed by atoms with Crippen molar-refractivity contribution in [2.24, 2.45) is 0 Å². The molecule has 2 atom stereocenters. The van der Waals surface area contributed by atoms with Gasteiger partial charge < -0.3 is 10.1 Å². The Morgan fingerprint density at radius 3 is 2.96 bits per heavy atom. The Morgan fingerprint density at radius 1 is 1.32 bits per heavy atom. The molecule has 1 aromatic heterocycles. The lowest BCUT2D eigenvalue weighted by Crippen LogP contribution is -2.38. The smallest absolute Gasteiger partial charge is 0.241 e. The third-order valence-electron chi connectivity index (χ3n) is 4.33. The third-order valence-corrected chi connectivity index (χ3v) is 5.07. The molecule has 8 heteroatoms.